The highest BCUT2D eigenvalue weighted by Crippen LogP contribution is 2.67. The first-order valence-electron chi connectivity index (χ1n) is 13.4. The SMILES string of the molecule is C[C@H](C#N)[C@H]1C(=O)C[C@H]2[C@@H]3C[C@H](O)[C@H]4C[C@@H](O[Si](C)(C)C(C)(C)C)CC[C@]4(C)[C@H]3CC[C@]12C. The minimum absolute atomic E-state index is 0.0844. The van der Waals surface area contributed by atoms with E-state index >= 15 is 0 Å². The molecule has 0 aromatic heterocycles. The lowest BCUT2D eigenvalue weighted by Crippen LogP contribution is -2.59. The van der Waals surface area contributed by atoms with Crippen LogP contribution in [0.2, 0.25) is 18.1 Å². The van der Waals surface area contributed by atoms with Crippen LogP contribution in [0.25, 0.3) is 0 Å². The maximum atomic E-state index is 13.1. The van der Waals surface area contributed by atoms with Crippen molar-refractivity contribution >= 4 is 14.1 Å². The third kappa shape index (κ3) is 3.87. The Hall–Kier alpha value is -0.703. The van der Waals surface area contributed by atoms with Gasteiger partial charge in [0.05, 0.1) is 18.1 Å². The third-order valence-electron chi connectivity index (χ3n) is 11.5. The van der Waals surface area contributed by atoms with Crippen LogP contribution in [0.5, 0.6) is 0 Å². The van der Waals surface area contributed by atoms with E-state index in [1.165, 1.54) is 0 Å². The van der Waals surface area contributed by atoms with Crippen LogP contribution in [0.1, 0.15) is 86.5 Å². The van der Waals surface area contributed by atoms with Crippen LogP contribution in [-0.2, 0) is 9.22 Å². The molecule has 4 aliphatic rings. The van der Waals surface area contributed by atoms with Gasteiger partial charge in [0.1, 0.15) is 5.78 Å². The van der Waals surface area contributed by atoms with Gasteiger partial charge in [-0.1, -0.05) is 34.6 Å². The van der Waals surface area contributed by atoms with E-state index in [1.807, 2.05) is 6.92 Å². The monoisotopic (exact) mass is 473 g/mol. The summed E-state index contributed by atoms with van der Waals surface area (Å²) in [5.74, 6) is 1.52. The summed E-state index contributed by atoms with van der Waals surface area (Å²) in [7, 11) is -1.83. The molecule has 0 unspecified atom stereocenters. The lowest BCUT2D eigenvalue weighted by Gasteiger charge is -2.62. The minimum atomic E-state index is -1.83. The molecule has 0 aliphatic heterocycles. The fraction of sp³-hybridized carbons (Fsp3) is 0.929. The Morgan fingerprint density at radius 2 is 1.73 bits per heavy atom. The van der Waals surface area contributed by atoms with Gasteiger partial charge in [0, 0.05) is 18.4 Å². The van der Waals surface area contributed by atoms with E-state index in [1.54, 1.807) is 0 Å². The van der Waals surface area contributed by atoms with Crippen LogP contribution in [0.3, 0.4) is 0 Å². The summed E-state index contributed by atoms with van der Waals surface area (Å²) in [6, 6.07) is 2.38. The first-order chi connectivity index (χ1) is 15.2. The number of nitrogens with zero attached hydrogens (tertiary/aromatic N) is 1. The lowest BCUT2D eigenvalue weighted by atomic mass is 9.44. The van der Waals surface area contributed by atoms with Crippen LogP contribution in [0.4, 0.5) is 0 Å². The second-order valence-corrected chi connectivity index (χ2v) is 18.9. The molecule has 4 nitrogen and oxygen atoms in total. The number of fused-ring (bicyclic) bond motifs is 5. The van der Waals surface area contributed by atoms with Gasteiger partial charge in [-0.25, -0.2) is 0 Å². The van der Waals surface area contributed by atoms with Crippen molar-refractivity contribution in [1.29, 1.82) is 5.26 Å². The molecule has 186 valence electrons. The van der Waals surface area contributed by atoms with Gasteiger partial charge in [0.15, 0.2) is 8.32 Å². The van der Waals surface area contributed by atoms with E-state index in [-0.39, 0.29) is 45.8 Å². The Morgan fingerprint density at radius 1 is 1.09 bits per heavy atom. The van der Waals surface area contributed by atoms with Crippen molar-refractivity contribution in [2.24, 2.45) is 46.3 Å². The number of rotatable bonds is 3. The number of carbonyl (C=O) groups is 1. The quantitative estimate of drug-likeness (QED) is 0.485. The first kappa shape index (κ1) is 25.4. The molecule has 0 amide bonds. The van der Waals surface area contributed by atoms with E-state index in [0.29, 0.717) is 30.0 Å². The third-order valence-corrected chi connectivity index (χ3v) is 16.1. The normalized spacial score (nSPS) is 46.7. The van der Waals surface area contributed by atoms with Crippen molar-refractivity contribution in [1.82, 2.24) is 0 Å². The van der Waals surface area contributed by atoms with Crippen LogP contribution < -0.4 is 0 Å². The van der Waals surface area contributed by atoms with Gasteiger partial charge in [-0.05, 0) is 98.1 Å². The Balaban J connectivity index is 1.56. The molecule has 0 saturated heterocycles. The molecular weight excluding hydrogens is 426 g/mol. The van der Waals surface area contributed by atoms with Gasteiger partial charge >= 0.3 is 0 Å². The van der Waals surface area contributed by atoms with Gasteiger partial charge < -0.3 is 9.53 Å². The largest absolute Gasteiger partial charge is 0.414 e. The van der Waals surface area contributed by atoms with Crippen LogP contribution >= 0.6 is 0 Å². The van der Waals surface area contributed by atoms with Gasteiger partial charge in [-0.3, -0.25) is 4.79 Å². The first-order valence-corrected chi connectivity index (χ1v) is 16.3. The van der Waals surface area contributed by atoms with Crippen molar-refractivity contribution in [2.75, 3.05) is 0 Å². The number of hydrogen-bond acceptors (Lipinski definition) is 4. The second-order valence-electron chi connectivity index (χ2n) is 14.2. The fourth-order valence-corrected chi connectivity index (χ4v) is 10.1. The molecule has 4 saturated carbocycles. The smallest absolute Gasteiger partial charge is 0.192 e. The Morgan fingerprint density at radius 3 is 2.33 bits per heavy atom. The number of aliphatic hydroxyl groups excluding tert-OH is 1. The molecule has 1 N–H and O–H groups in total. The highest BCUT2D eigenvalue weighted by Gasteiger charge is 2.64. The van der Waals surface area contributed by atoms with Gasteiger partial charge in [0.2, 0.25) is 0 Å². The highest BCUT2D eigenvalue weighted by atomic mass is 28.4. The summed E-state index contributed by atoms with van der Waals surface area (Å²) >= 11 is 0. The second kappa shape index (κ2) is 8.17. The van der Waals surface area contributed by atoms with Crippen molar-refractivity contribution in [3.8, 4) is 6.07 Å². The van der Waals surface area contributed by atoms with Crippen molar-refractivity contribution < 1.29 is 14.3 Å². The zero-order valence-corrected chi connectivity index (χ0v) is 23.3. The molecule has 0 aromatic carbocycles. The summed E-state index contributed by atoms with van der Waals surface area (Å²) in [5.41, 5.74) is 0.0396. The topological polar surface area (TPSA) is 70.3 Å². The van der Waals surface area contributed by atoms with E-state index in [9.17, 15) is 15.2 Å². The number of nitriles is 1. The number of carbonyl (C=O) groups excluding carboxylic acids is 1. The zero-order valence-electron chi connectivity index (χ0n) is 22.3. The van der Waals surface area contributed by atoms with Gasteiger partial charge in [-0.2, -0.15) is 5.26 Å². The summed E-state index contributed by atoms with van der Waals surface area (Å²) in [6.45, 7) is 18.2. The molecule has 0 radical (unpaired) electrons. The highest BCUT2D eigenvalue weighted by molar-refractivity contribution is 6.74. The molecule has 0 spiro atoms. The standard InChI is InChI=1S/C28H47NO3Si/c1-17(16-29)25-24(31)15-21-19-14-23(30)22-13-18(32-33(7,8)26(2,3)4)9-11-27(22,5)20(19)10-12-28(21,25)6/h17-23,25,30H,9-15H2,1-8H3/t17-,18+,19-,20+,21+,22-,23+,25+,27-,28+/m1/s1. The predicted octanol–water partition coefficient (Wildman–Crippen LogP) is 6.35. The van der Waals surface area contributed by atoms with Crippen LogP contribution in [0.15, 0.2) is 0 Å². The summed E-state index contributed by atoms with van der Waals surface area (Å²) in [6.07, 6.45) is 6.73. The molecular formula is C28H47NO3Si. The van der Waals surface area contributed by atoms with Crippen molar-refractivity contribution in [3.63, 3.8) is 0 Å². The number of ketones is 1. The van der Waals surface area contributed by atoms with Crippen LogP contribution in [-0.4, -0.2) is 31.4 Å². The number of hydrogen-bond donors (Lipinski definition) is 1. The molecule has 0 heterocycles. The maximum Gasteiger partial charge on any atom is 0.192 e. The average Bonchev–Trinajstić information content (AvgIpc) is 2.98. The summed E-state index contributed by atoms with van der Waals surface area (Å²) in [5, 5.41) is 21.3. The Bertz CT molecular complexity index is 828. The summed E-state index contributed by atoms with van der Waals surface area (Å²) in [4.78, 5) is 13.1. The molecule has 4 aliphatic carbocycles. The summed E-state index contributed by atoms with van der Waals surface area (Å²) < 4.78 is 6.83. The van der Waals surface area contributed by atoms with Crippen molar-refractivity contribution in [3.05, 3.63) is 0 Å². The Kier molecular flexibility index (Phi) is 6.29. The number of aliphatic hydroxyl groups is 1. The number of Topliss-reactive ketones (excluding diaryl/α,β-unsaturated/α-hetero) is 1. The van der Waals surface area contributed by atoms with Crippen molar-refractivity contribution in [2.45, 2.75) is 117 Å². The molecule has 33 heavy (non-hydrogen) atoms. The minimum Gasteiger partial charge on any atom is -0.414 e. The molecule has 10 atom stereocenters. The zero-order chi connectivity index (χ0) is 24.6. The van der Waals surface area contributed by atoms with E-state index in [0.717, 1.165) is 38.5 Å². The van der Waals surface area contributed by atoms with Gasteiger partial charge in [0.25, 0.3) is 0 Å². The molecule has 0 bridgehead atoms. The predicted molar refractivity (Wildman–Crippen MR) is 134 cm³/mol. The maximum absolute atomic E-state index is 13.1. The molecule has 4 fully saturated rings. The molecule has 5 heteroatoms. The van der Waals surface area contributed by atoms with E-state index in [4.69, 9.17) is 4.43 Å². The fourth-order valence-electron chi connectivity index (χ4n) is 8.72. The lowest BCUT2D eigenvalue weighted by molar-refractivity contribution is -0.170. The molecule has 4 rings (SSSR count). The van der Waals surface area contributed by atoms with Gasteiger partial charge in [-0.15, -0.1) is 0 Å². The Labute approximate surface area is 203 Å². The average molecular weight is 474 g/mol. The molecule has 0 aromatic rings. The van der Waals surface area contributed by atoms with E-state index < -0.39 is 8.32 Å². The van der Waals surface area contributed by atoms with Crippen LogP contribution in [0, 0.1) is 57.7 Å². The van der Waals surface area contributed by atoms with E-state index in [2.05, 4.69) is 53.8 Å².